The Balaban J connectivity index is 2.97. The monoisotopic (exact) mass is 166 g/mol. The van der Waals surface area contributed by atoms with Crippen molar-refractivity contribution in [2.24, 2.45) is 0 Å². The van der Waals surface area contributed by atoms with Gasteiger partial charge in [0, 0.05) is 22.3 Å². The molecule has 0 saturated heterocycles. The van der Waals surface area contributed by atoms with E-state index in [-0.39, 0.29) is 0 Å². The maximum absolute atomic E-state index is 10.8. The van der Waals surface area contributed by atoms with Crippen LogP contribution < -0.4 is 0 Å². The molecule has 9 heavy (non-hydrogen) atoms. The van der Waals surface area contributed by atoms with Gasteiger partial charge in [-0.05, 0) is 18.4 Å². The normalized spacial score (nSPS) is 13.6. The first-order valence-corrected chi connectivity index (χ1v) is 6.03. The van der Waals surface area contributed by atoms with Crippen molar-refractivity contribution in [2.75, 3.05) is 23.5 Å². The largest absolute Gasteiger partial charge is 0.260 e. The SMILES string of the molecule is CCS(=O)CCCSC. The Labute approximate surface area is 64.1 Å². The summed E-state index contributed by atoms with van der Waals surface area (Å²) < 4.78 is 10.8. The van der Waals surface area contributed by atoms with Gasteiger partial charge in [0.05, 0.1) is 0 Å². The van der Waals surface area contributed by atoms with Gasteiger partial charge in [-0.15, -0.1) is 0 Å². The predicted octanol–water partition coefficient (Wildman–Crippen LogP) is 1.51. The van der Waals surface area contributed by atoms with Crippen LogP contribution in [0.2, 0.25) is 0 Å². The molecule has 0 aromatic carbocycles. The molecule has 0 heterocycles. The van der Waals surface area contributed by atoms with Gasteiger partial charge in [0.25, 0.3) is 0 Å². The summed E-state index contributed by atoms with van der Waals surface area (Å²) in [5, 5.41) is 0. The molecular formula is C6H14OS2. The van der Waals surface area contributed by atoms with E-state index in [4.69, 9.17) is 0 Å². The maximum atomic E-state index is 10.8. The summed E-state index contributed by atoms with van der Waals surface area (Å²) in [6, 6.07) is 0. The lowest BCUT2D eigenvalue weighted by atomic mass is 10.6. The highest BCUT2D eigenvalue weighted by Crippen LogP contribution is 1.96. The molecule has 56 valence electrons. The fourth-order valence-corrected chi connectivity index (χ4v) is 1.88. The average molecular weight is 166 g/mol. The third-order valence-corrected chi connectivity index (χ3v) is 3.13. The first kappa shape index (κ1) is 9.50. The van der Waals surface area contributed by atoms with Gasteiger partial charge in [0.1, 0.15) is 0 Å². The van der Waals surface area contributed by atoms with E-state index >= 15 is 0 Å². The zero-order chi connectivity index (χ0) is 7.11. The van der Waals surface area contributed by atoms with Crippen molar-refractivity contribution in [2.45, 2.75) is 13.3 Å². The van der Waals surface area contributed by atoms with Gasteiger partial charge in [-0.25, -0.2) is 0 Å². The Morgan fingerprint density at radius 3 is 2.67 bits per heavy atom. The van der Waals surface area contributed by atoms with E-state index in [0.29, 0.717) is 0 Å². The molecule has 0 aliphatic rings. The lowest BCUT2D eigenvalue weighted by Gasteiger charge is -1.95. The molecule has 0 saturated carbocycles. The fraction of sp³-hybridized carbons (Fsp3) is 1.00. The third-order valence-electron chi connectivity index (χ3n) is 1.04. The minimum atomic E-state index is -0.542. The first-order valence-electron chi connectivity index (χ1n) is 3.15. The van der Waals surface area contributed by atoms with Crippen LogP contribution >= 0.6 is 11.8 Å². The minimum Gasteiger partial charge on any atom is -0.260 e. The molecule has 1 unspecified atom stereocenters. The van der Waals surface area contributed by atoms with Gasteiger partial charge < -0.3 is 0 Å². The van der Waals surface area contributed by atoms with Crippen LogP contribution in [0.5, 0.6) is 0 Å². The Hall–Kier alpha value is 0.500. The average Bonchev–Trinajstić information content (AvgIpc) is 1.89. The molecule has 0 radical (unpaired) electrons. The first-order chi connectivity index (χ1) is 4.31. The van der Waals surface area contributed by atoms with Gasteiger partial charge >= 0.3 is 0 Å². The quantitative estimate of drug-likeness (QED) is 0.576. The van der Waals surface area contributed by atoms with Crippen LogP contribution in [0.3, 0.4) is 0 Å². The molecule has 0 aliphatic carbocycles. The number of hydrogen-bond acceptors (Lipinski definition) is 2. The van der Waals surface area contributed by atoms with Crippen molar-refractivity contribution in [3.8, 4) is 0 Å². The second-order valence-corrected chi connectivity index (χ2v) is 4.63. The van der Waals surface area contributed by atoms with Crippen molar-refractivity contribution in [1.82, 2.24) is 0 Å². The molecule has 0 N–H and O–H groups in total. The lowest BCUT2D eigenvalue weighted by Crippen LogP contribution is -1.99. The van der Waals surface area contributed by atoms with Crippen molar-refractivity contribution in [3.63, 3.8) is 0 Å². The Morgan fingerprint density at radius 1 is 1.56 bits per heavy atom. The van der Waals surface area contributed by atoms with Gasteiger partial charge in [-0.2, -0.15) is 11.8 Å². The minimum absolute atomic E-state index is 0.542. The van der Waals surface area contributed by atoms with Crippen LogP contribution in [0.1, 0.15) is 13.3 Å². The second kappa shape index (κ2) is 6.62. The van der Waals surface area contributed by atoms with E-state index in [1.165, 1.54) is 0 Å². The number of hydrogen-bond donors (Lipinski definition) is 0. The fourth-order valence-electron chi connectivity index (χ4n) is 0.509. The summed E-state index contributed by atoms with van der Waals surface area (Å²) in [4.78, 5) is 0. The third kappa shape index (κ3) is 6.38. The van der Waals surface area contributed by atoms with E-state index in [0.717, 1.165) is 23.7 Å². The van der Waals surface area contributed by atoms with E-state index in [1.54, 1.807) is 0 Å². The zero-order valence-electron chi connectivity index (χ0n) is 6.05. The molecule has 0 bridgehead atoms. The number of rotatable bonds is 5. The number of thioether (sulfide) groups is 1. The molecule has 0 rings (SSSR count). The molecule has 1 nitrogen and oxygen atoms in total. The van der Waals surface area contributed by atoms with Crippen molar-refractivity contribution >= 4 is 22.6 Å². The molecular weight excluding hydrogens is 152 g/mol. The molecule has 0 aromatic heterocycles. The van der Waals surface area contributed by atoms with Gasteiger partial charge in [-0.1, -0.05) is 6.92 Å². The second-order valence-electron chi connectivity index (χ2n) is 1.78. The molecule has 0 spiro atoms. The van der Waals surface area contributed by atoms with Gasteiger partial charge in [0.15, 0.2) is 0 Å². The Bertz CT molecular complexity index is 83.1. The Morgan fingerprint density at radius 2 is 2.22 bits per heavy atom. The van der Waals surface area contributed by atoms with Crippen molar-refractivity contribution in [1.29, 1.82) is 0 Å². The molecule has 0 aliphatic heterocycles. The molecule has 0 fully saturated rings. The van der Waals surface area contributed by atoms with Crippen LogP contribution in [0.25, 0.3) is 0 Å². The van der Waals surface area contributed by atoms with Crippen LogP contribution in [0, 0.1) is 0 Å². The van der Waals surface area contributed by atoms with Crippen molar-refractivity contribution in [3.05, 3.63) is 0 Å². The van der Waals surface area contributed by atoms with Crippen molar-refractivity contribution < 1.29 is 4.21 Å². The van der Waals surface area contributed by atoms with Crippen LogP contribution in [-0.4, -0.2) is 27.7 Å². The summed E-state index contributed by atoms with van der Waals surface area (Å²) in [6.07, 6.45) is 3.18. The molecule has 0 aromatic rings. The summed E-state index contributed by atoms with van der Waals surface area (Å²) in [5.74, 6) is 2.84. The summed E-state index contributed by atoms with van der Waals surface area (Å²) >= 11 is 1.82. The molecule has 1 atom stereocenters. The van der Waals surface area contributed by atoms with Gasteiger partial charge in [-0.3, -0.25) is 4.21 Å². The van der Waals surface area contributed by atoms with Crippen LogP contribution in [0.4, 0.5) is 0 Å². The van der Waals surface area contributed by atoms with Crippen LogP contribution in [0.15, 0.2) is 0 Å². The highest BCUT2D eigenvalue weighted by atomic mass is 32.2. The maximum Gasteiger partial charge on any atom is 0.0242 e. The zero-order valence-corrected chi connectivity index (χ0v) is 7.69. The van der Waals surface area contributed by atoms with E-state index in [2.05, 4.69) is 6.26 Å². The van der Waals surface area contributed by atoms with Gasteiger partial charge in [0.2, 0.25) is 0 Å². The highest BCUT2D eigenvalue weighted by Gasteiger charge is 1.93. The smallest absolute Gasteiger partial charge is 0.0242 e. The summed E-state index contributed by atoms with van der Waals surface area (Å²) in [7, 11) is -0.542. The molecule has 0 amide bonds. The highest BCUT2D eigenvalue weighted by molar-refractivity contribution is 7.98. The summed E-state index contributed by atoms with van der Waals surface area (Å²) in [5.41, 5.74) is 0. The molecule has 3 heteroatoms. The van der Waals surface area contributed by atoms with E-state index < -0.39 is 10.8 Å². The summed E-state index contributed by atoms with van der Waals surface area (Å²) in [6.45, 7) is 1.97. The van der Waals surface area contributed by atoms with E-state index in [9.17, 15) is 4.21 Å². The van der Waals surface area contributed by atoms with Crippen LogP contribution in [-0.2, 0) is 10.8 Å². The topological polar surface area (TPSA) is 17.1 Å². The standard InChI is InChI=1S/C6H14OS2/c1-3-9(7)6-4-5-8-2/h3-6H2,1-2H3. The van der Waals surface area contributed by atoms with E-state index in [1.807, 2.05) is 18.7 Å². The Kier molecular flexibility index (Phi) is 6.99. The predicted molar refractivity (Wildman–Crippen MR) is 46.5 cm³/mol. The lowest BCUT2D eigenvalue weighted by molar-refractivity contribution is 0.683.